The van der Waals surface area contributed by atoms with E-state index in [0.717, 1.165) is 16.9 Å². The van der Waals surface area contributed by atoms with E-state index in [1.54, 1.807) is 19.1 Å². The summed E-state index contributed by atoms with van der Waals surface area (Å²) < 4.78 is 5.30. The quantitative estimate of drug-likeness (QED) is 0.467. The van der Waals surface area contributed by atoms with Crippen molar-refractivity contribution in [3.8, 4) is 11.6 Å². The van der Waals surface area contributed by atoms with Gasteiger partial charge in [0.05, 0.1) is 11.5 Å². The van der Waals surface area contributed by atoms with Gasteiger partial charge in [-0.05, 0) is 31.2 Å². The first-order valence-electron chi connectivity index (χ1n) is 6.24. The Bertz CT molecular complexity index is 659. The minimum Gasteiger partial charge on any atom is -0.494 e. The largest absolute Gasteiger partial charge is 0.494 e. The van der Waals surface area contributed by atoms with Crippen molar-refractivity contribution in [2.24, 2.45) is 0 Å². The van der Waals surface area contributed by atoms with Crippen LogP contribution in [0, 0.1) is 0 Å². The molecule has 0 saturated heterocycles. The highest BCUT2D eigenvalue weighted by Gasteiger charge is 2.08. The maximum Gasteiger partial charge on any atom is 0.315 e. The van der Waals surface area contributed by atoms with Gasteiger partial charge in [-0.25, -0.2) is 0 Å². The zero-order valence-corrected chi connectivity index (χ0v) is 12.2. The van der Waals surface area contributed by atoms with Crippen molar-refractivity contribution < 1.29 is 19.6 Å². The van der Waals surface area contributed by atoms with Crippen LogP contribution in [0.2, 0.25) is 0 Å². The molecule has 1 heterocycles. The van der Waals surface area contributed by atoms with Gasteiger partial charge in [0.1, 0.15) is 5.75 Å². The van der Waals surface area contributed by atoms with Crippen molar-refractivity contribution in [2.75, 3.05) is 6.61 Å². The van der Waals surface area contributed by atoms with E-state index in [4.69, 9.17) is 14.5 Å². The van der Waals surface area contributed by atoms with Crippen molar-refractivity contribution in [3.63, 3.8) is 0 Å². The number of ether oxygens (including phenoxy) is 1. The van der Waals surface area contributed by atoms with E-state index in [1.165, 1.54) is 0 Å². The monoisotopic (exact) mass is 309 g/mol. The Morgan fingerprint density at radius 1 is 1.38 bits per heavy atom. The molecule has 0 aliphatic rings. The van der Waals surface area contributed by atoms with Crippen LogP contribution in [0.3, 0.4) is 0 Å². The van der Waals surface area contributed by atoms with Crippen LogP contribution in [0.15, 0.2) is 41.6 Å². The molecule has 0 spiro atoms. The van der Waals surface area contributed by atoms with Gasteiger partial charge >= 0.3 is 10.8 Å². The number of H-pyrrole nitrogens is 1. The van der Waals surface area contributed by atoms with Gasteiger partial charge in [-0.15, -0.1) is 0 Å². The molecule has 1 aromatic carbocycles. The molecule has 0 bridgehead atoms. The number of aromatic hydroxyl groups is 1. The first kappa shape index (κ1) is 15.1. The lowest BCUT2D eigenvalue weighted by atomic mass is 10.1. The Morgan fingerprint density at radius 2 is 2.10 bits per heavy atom. The Labute approximate surface area is 125 Å². The van der Waals surface area contributed by atoms with E-state index < -0.39 is 0 Å². The van der Waals surface area contributed by atoms with Crippen LogP contribution < -0.4 is 9.61 Å². The van der Waals surface area contributed by atoms with Gasteiger partial charge in [-0.1, -0.05) is 23.5 Å². The minimum atomic E-state index is -0.271. The van der Waals surface area contributed by atoms with Crippen molar-refractivity contribution in [3.05, 3.63) is 56.9 Å². The fourth-order valence-electron chi connectivity index (χ4n) is 1.61. The molecule has 7 heteroatoms. The summed E-state index contributed by atoms with van der Waals surface area (Å²) >= 11 is 0.990. The molecule has 21 heavy (non-hydrogen) atoms. The summed E-state index contributed by atoms with van der Waals surface area (Å²) in [5, 5.41) is 9.54. The summed E-state index contributed by atoms with van der Waals surface area (Å²) in [5.41, 5.74) is 0.934. The van der Waals surface area contributed by atoms with Gasteiger partial charge in [0, 0.05) is 6.42 Å². The highest BCUT2D eigenvalue weighted by Crippen LogP contribution is 2.22. The van der Waals surface area contributed by atoms with Crippen LogP contribution in [0.25, 0.3) is 0 Å². The van der Waals surface area contributed by atoms with Crippen LogP contribution in [0.5, 0.6) is 11.6 Å². The van der Waals surface area contributed by atoms with Crippen molar-refractivity contribution >= 4 is 11.3 Å². The molecule has 0 fully saturated rings. The summed E-state index contributed by atoms with van der Waals surface area (Å²) in [6.07, 6.45) is 0.464. The van der Waals surface area contributed by atoms with Gasteiger partial charge in [0.15, 0.2) is 0 Å². The second-order valence-corrected chi connectivity index (χ2v) is 5.14. The first-order chi connectivity index (χ1) is 10.1. The smallest absolute Gasteiger partial charge is 0.315 e. The molecule has 0 aliphatic carbocycles. The Balaban J connectivity index is 1.97. The number of aromatic amines is 1. The highest BCUT2D eigenvalue weighted by atomic mass is 32.1. The maximum atomic E-state index is 11.1. The van der Waals surface area contributed by atoms with E-state index in [1.807, 2.05) is 12.1 Å². The molecule has 0 unspecified atom stereocenters. The Hall–Kier alpha value is -2.25. The summed E-state index contributed by atoms with van der Waals surface area (Å²) in [7, 11) is 0. The lowest BCUT2D eigenvalue weighted by molar-refractivity contribution is -0.279. The van der Waals surface area contributed by atoms with Crippen LogP contribution >= 0.6 is 11.3 Å². The predicted octanol–water partition coefficient (Wildman–Crippen LogP) is 2.55. The first-order valence-corrected chi connectivity index (χ1v) is 7.06. The molecule has 2 N–H and O–H groups in total. The molecule has 1 aromatic heterocycles. The topological polar surface area (TPSA) is 80.8 Å². The van der Waals surface area contributed by atoms with E-state index in [9.17, 15) is 9.90 Å². The van der Waals surface area contributed by atoms with E-state index in [2.05, 4.69) is 11.6 Å². The third-order valence-electron chi connectivity index (χ3n) is 2.49. The molecule has 0 saturated carbocycles. The molecule has 0 atom stereocenters. The fraction of sp³-hybridized carbons (Fsp3) is 0.214. The minimum absolute atomic E-state index is 0.0473. The van der Waals surface area contributed by atoms with Crippen LogP contribution in [0.4, 0.5) is 0 Å². The van der Waals surface area contributed by atoms with E-state index in [-0.39, 0.29) is 16.7 Å². The number of nitrogens with one attached hydrogen (secondary N) is 1. The molecular weight excluding hydrogens is 294 g/mol. The molecule has 2 rings (SSSR count). The maximum absolute atomic E-state index is 11.1. The molecule has 0 radical (unpaired) electrons. The Kier molecular flexibility index (Phi) is 5.02. The Morgan fingerprint density at radius 3 is 2.67 bits per heavy atom. The van der Waals surface area contributed by atoms with Gasteiger partial charge in [-0.3, -0.25) is 14.7 Å². The number of hydrogen-bond acceptors (Lipinski definition) is 6. The summed E-state index contributed by atoms with van der Waals surface area (Å²) in [4.78, 5) is 23.2. The standard InChI is InChI=1S/C14H15NO5S/c1-3-18-20-9(2)19-11-6-4-10(5-7-11)8-12-13(16)15-14(17)21-12/h4-7,16H,2-3,8H2,1H3,(H,15,17). The van der Waals surface area contributed by atoms with Crippen LogP contribution in [-0.2, 0) is 16.2 Å². The summed E-state index contributed by atoms with van der Waals surface area (Å²) in [6, 6.07) is 7.13. The number of aromatic nitrogens is 1. The fourth-order valence-corrected chi connectivity index (χ4v) is 2.36. The number of thiazole rings is 1. The molecule has 2 aromatic rings. The van der Waals surface area contributed by atoms with Crippen molar-refractivity contribution in [1.82, 2.24) is 4.98 Å². The van der Waals surface area contributed by atoms with E-state index in [0.29, 0.717) is 23.7 Å². The molecule has 6 nitrogen and oxygen atoms in total. The number of hydrogen-bond donors (Lipinski definition) is 2. The lowest BCUT2D eigenvalue weighted by Gasteiger charge is -2.08. The second-order valence-electron chi connectivity index (χ2n) is 4.07. The molecular formula is C14H15NO5S. The molecule has 0 aliphatic heterocycles. The average Bonchev–Trinajstić information content (AvgIpc) is 2.77. The third-order valence-corrected chi connectivity index (χ3v) is 3.36. The van der Waals surface area contributed by atoms with E-state index >= 15 is 0 Å². The predicted molar refractivity (Wildman–Crippen MR) is 78.3 cm³/mol. The van der Waals surface area contributed by atoms with Crippen LogP contribution in [-0.4, -0.2) is 16.7 Å². The third kappa shape index (κ3) is 4.37. The van der Waals surface area contributed by atoms with Crippen molar-refractivity contribution in [2.45, 2.75) is 13.3 Å². The highest BCUT2D eigenvalue weighted by molar-refractivity contribution is 7.09. The second kappa shape index (κ2) is 6.96. The lowest BCUT2D eigenvalue weighted by Crippen LogP contribution is -2.00. The zero-order valence-electron chi connectivity index (χ0n) is 11.4. The van der Waals surface area contributed by atoms with Gasteiger partial charge < -0.3 is 9.84 Å². The number of benzene rings is 1. The molecule has 112 valence electrons. The normalized spacial score (nSPS) is 10.3. The molecule has 0 amide bonds. The SMILES string of the molecule is C=C(OOCC)Oc1ccc(Cc2sc(=O)[nH]c2O)cc1. The van der Waals surface area contributed by atoms with Gasteiger partial charge in [-0.2, -0.15) is 4.89 Å². The summed E-state index contributed by atoms with van der Waals surface area (Å²) in [6.45, 7) is 5.73. The number of rotatable bonds is 7. The average molecular weight is 309 g/mol. The zero-order chi connectivity index (χ0) is 15.2. The van der Waals surface area contributed by atoms with Crippen molar-refractivity contribution in [1.29, 1.82) is 0 Å². The summed E-state index contributed by atoms with van der Waals surface area (Å²) in [5.74, 6) is 0.518. The van der Waals surface area contributed by atoms with Gasteiger partial charge in [0.25, 0.3) is 0 Å². The van der Waals surface area contributed by atoms with Crippen LogP contribution in [0.1, 0.15) is 17.4 Å². The van der Waals surface area contributed by atoms with Gasteiger partial charge in [0.2, 0.25) is 5.88 Å².